The van der Waals surface area contributed by atoms with Crippen molar-refractivity contribution >= 4 is 51.8 Å². The van der Waals surface area contributed by atoms with Gasteiger partial charge in [-0.3, -0.25) is 0 Å². The van der Waals surface area contributed by atoms with Crippen molar-refractivity contribution in [1.29, 1.82) is 0 Å². The number of nitrogens with zero attached hydrogens (tertiary/aromatic N) is 4. The van der Waals surface area contributed by atoms with Gasteiger partial charge in [-0.25, -0.2) is 0 Å². The van der Waals surface area contributed by atoms with E-state index >= 15 is 0 Å². The van der Waals surface area contributed by atoms with E-state index in [2.05, 4.69) is 22.2 Å². The van der Waals surface area contributed by atoms with Crippen molar-refractivity contribution in [3.8, 4) is 0 Å². The van der Waals surface area contributed by atoms with Crippen LogP contribution in [0.25, 0.3) is 17.1 Å². The third-order valence-electron chi connectivity index (χ3n) is 2.92. The van der Waals surface area contributed by atoms with Crippen LogP contribution in [0.3, 0.4) is 0 Å². The number of benzene rings is 1. The van der Waals surface area contributed by atoms with Gasteiger partial charge in [-0.2, -0.15) is 21.4 Å². The molecule has 0 fully saturated rings. The largest absolute Gasteiger partial charge is 0.234 e. The Balaban J connectivity index is 1.77. The van der Waals surface area contributed by atoms with Gasteiger partial charge < -0.3 is 0 Å². The van der Waals surface area contributed by atoms with Crippen molar-refractivity contribution in [1.82, 2.24) is 19.8 Å². The van der Waals surface area contributed by atoms with E-state index in [0.717, 1.165) is 44.3 Å². The Labute approximate surface area is 142 Å². The fraction of sp³-hybridized carbons (Fsp3) is 0.267. The molecule has 2 heterocycles. The normalized spacial score (nSPS) is 11.7. The summed E-state index contributed by atoms with van der Waals surface area (Å²) in [5.74, 6) is 2.88. The fourth-order valence-electron chi connectivity index (χ4n) is 1.92. The smallest absolute Gasteiger partial charge is 0.186 e. The van der Waals surface area contributed by atoms with Gasteiger partial charge in [0, 0.05) is 5.02 Å². The van der Waals surface area contributed by atoms with Gasteiger partial charge in [-0.15, -0.1) is 10.2 Å². The van der Waals surface area contributed by atoms with Crippen molar-refractivity contribution < 1.29 is 0 Å². The Morgan fingerprint density at radius 3 is 3.05 bits per heavy atom. The highest BCUT2D eigenvalue weighted by atomic mass is 35.5. The Morgan fingerprint density at radius 1 is 1.32 bits per heavy atom. The molecule has 7 heteroatoms. The summed E-state index contributed by atoms with van der Waals surface area (Å²) in [5.41, 5.74) is 1.05. The van der Waals surface area contributed by atoms with Gasteiger partial charge in [0.15, 0.2) is 5.82 Å². The molecule has 0 aliphatic rings. The summed E-state index contributed by atoms with van der Waals surface area (Å²) in [4.78, 5) is 0.831. The molecule has 0 bridgehead atoms. The van der Waals surface area contributed by atoms with Crippen molar-refractivity contribution in [3.05, 3.63) is 45.7 Å². The number of fused-ring (bicyclic) bond motifs is 1. The average Bonchev–Trinajstić information content (AvgIpc) is 3.07. The fourth-order valence-corrected chi connectivity index (χ4v) is 3.67. The number of rotatable bonds is 6. The highest BCUT2D eigenvalue weighted by molar-refractivity contribution is 7.98. The second kappa shape index (κ2) is 7.26. The van der Waals surface area contributed by atoms with E-state index in [1.807, 2.05) is 52.7 Å². The minimum absolute atomic E-state index is 0.732. The molecule has 3 rings (SSSR count). The molecule has 2 aromatic heterocycles. The SMILES string of the molecule is CCCSCc1nnc2sc(/C=C/c3cccc(Cl)c3)nn12. The van der Waals surface area contributed by atoms with E-state index in [0.29, 0.717) is 0 Å². The zero-order valence-corrected chi connectivity index (χ0v) is 14.5. The Morgan fingerprint density at radius 2 is 2.23 bits per heavy atom. The van der Waals surface area contributed by atoms with Crippen LogP contribution in [0, 0.1) is 0 Å². The molecular formula is C15H15ClN4S2. The Kier molecular flexibility index (Phi) is 5.12. The maximum Gasteiger partial charge on any atom is 0.234 e. The molecule has 0 radical (unpaired) electrons. The van der Waals surface area contributed by atoms with E-state index in [-0.39, 0.29) is 0 Å². The second-order valence-electron chi connectivity index (χ2n) is 4.69. The van der Waals surface area contributed by atoms with E-state index in [9.17, 15) is 0 Å². The van der Waals surface area contributed by atoms with Crippen LogP contribution in [0.5, 0.6) is 0 Å². The number of halogens is 1. The zero-order chi connectivity index (χ0) is 15.4. The maximum atomic E-state index is 5.98. The molecule has 0 aliphatic heterocycles. The molecule has 0 amide bonds. The lowest BCUT2D eigenvalue weighted by molar-refractivity contribution is 0.879. The van der Waals surface area contributed by atoms with Crippen LogP contribution in [-0.2, 0) is 5.75 Å². The first-order valence-corrected chi connectivity index (χ1v) is 9.33. The number of thioether (sulfide) groups is 1. The van der Waals surface area contributed by atoms with Crippen molar-refractivity contribution in [3.63, 3.8) is 0 Å². The van der Waals surface area contributed by atoms with Crippen LogP contribution >= 0.6 is 34.7 Å². The Hall–Kier alpha value is -1.37. The molecule has 0 atom stereocenters. The summed E-state index contributed by atoms with van der Waals surface area (Å²) in [6.45, 7) is 2.17. The Bertz CT molecular complexity index is 794. The van der Waals surface area contributed by atoms with E-state index in [1.54, 1.807) is 0 Å². The highest BCUT2D eigenvalue weighted by Crippen LogP contribution is 2.20. The van der Waals surface area contributed by atoms with Crippen molar-refractivity contribution in [2.45, 2.75) is 19.1 Å². The lowest BCUT2D eigenvalue weighted by Gasteiger charge is -1.95. The van der Waals surface area contributed by atoms with Gasteiger partial charge in [0.05, 0.1) is 5.75 Å². The summed E-state index contributed by atoms with van der Waals surface area (Å²) in [5, 5.41) is 14.6. The van der Waals surface area contributed by atoms with E-state index in [1.165, 1.54) is 11.3 Å². The van der Waals surface area contributed by atoms with Gasteiger partial charge in [0.1, 0.15) is 5.01 Å². The molecule has 0 saturated carbocycles. The summed E-state index contributed by atoms with van der Waals surface area (Å²) in [7, 11) is 0. The van der Waals surface area contributed by atoms with Crippen LogP contribution in [0.15, 0.2) is 24.3 Å². The van der Waals surface area contributed by atoms with Gasteiger partial charge in [0.2, 0.25) is 4.96 Å². The van der Waals surface area contributed by atoms with Crippen LogP contribution < -0.4 is 0 Å². The summed E-state index contributed by atoms with van der Waals surface area (Å²) >= 11 is 9.37. The van der Waals surface area contributed by atoms with Crippen molar-refractivity contribution in [2.75, 3.05) is 5.75 Å². The summed E-state index contributed by atoms with van der Waals surface area (Å²) in [6.07, 6.45) is 5.15. The lowest BCUT2D eigenvalue weighted by atomic mass is 10.2. The highest BCUT2D eigenvalue weighted by Gasteiger charge is 2.10. The average molecular weight is 351 g/mol. The molecule has 0 N–H and O–H groups in total. The van der Waals surface area contributed by atoms with Gasteiger partial charge >= 0.3 is 0 Å². The molecule has 114 valence electrons. The number of aromatic nitrogens is 4. The molecule has 22 heavy (non-hydrogen) atoms. The molecule has 0 aliphatic carbocycles. The molecular weight excluding hydrogens is 336 g/mol. The van der Waals surface area contributed by atoms with Gasteiger partial charge in [-0.05, 0) is 35.9 Å². The molecule has 3 aromatic rings. The quantitative estimate of drug-likeness (QED) is 0.607. The first-order chi connectivity index (χ1) is 10.8. The zero-order valence-electron chi connectivity index (χ0n) is 12.1. The lowest BCUT2D eigenvalue weighted by Crippen LogP contribution is -1.94. The summed E-state index contributed by atoms with van der Waals surface area (Å²) in [6, 6.07) is 7.73. The predicted octanol–water partition coefficient (Wildman–Crippen LogP) is 4.65. The van der Waals surface area contributed by atoms with Gasteiger partial charge in [-0.1, -0.05) is 48.1 Å². The topological polar surface area (TPSA) is 43.1 Å². The van der Waals surface area contributed by atoms with Crippen LogP contribution in [-0.4, -0.2) is 25.6 Å². The maximum absolute atomic E-state index is 5.98. The minimum atomic E-state index is 0.732. The van der Waals surface area contributed by atoms with Crippen LogP contribution in [0.1, 0.15) is 29.7 Å². The van der Waals surface area contributed by atoms with Crippen LogP contribution in [0.4, 0.5) is 0 Å². The second-order valence-corrected chi connectivity index (χ2v) is 7.22. The predicted molar refractivity (Wildman–Crippen MR) is 95.5 cm³/mol. The third-order valence-corrected chi connectivity index (χ3v) is 5.18. The van der Waals surface area contributed by atoms with Crippen molar-refractivity contribution in [2.24, 2.45) is 0 Å². The molecule has 1 aromatic carbocycles. The minimum Gasteiger partial charge on any atom is -0.186 e. The van der Waals surface area contributed by atoms with E-state index < -0.39 is 0 Å². The van der Waals surface area contributed by atoms with Gasteiger partial charge in [0.25, 0.3) is 0 Å². The molecule has 0 spiro atoms. The number of hydrogen-bond acceptors (Lipinski definition) is 5. The van der Waals surface area contributed by atoms with E-state index in [4.69, 9.17) is 11.6 Å². The molecule has 4 nitrogen and oxygen atoms in total. The number of hydrogen-bond donors (Lipinski definition) is 0. The summed E-state index contributed by atoms with van der Waals surface area (Å²) < 4.78 is 1.84. The third kappa shape index (κ3) is 3.69. The standard InChI is InChI=1S/C15H15ClN4S2/c1-2-8-21-10-13-17-18-15-20(13)19-14(22-15)7-6-11-4-3-5-12(16)9-11/h3-7,9H,2,8,10H2,1H3/b7-6+. The monoisotopic (exact) mass is 350 g/mol. The molecule has 0 saturated heterocycles. The first kappa shape index (κ1) is 15.5. The first-order valence-electron chi connectivity index (χ1n) is 6.99. The molecule has 0 unspecified atom stereocenters. The van der Waals surface area contributed by atoms with Crippen LogP contribution in [0.2, 0.25) is 5.02 Å².